The average molecular weight is 599 g/mol. The number of nitrogens with zero attached hydrogens (tertiary/aromatic N) is 6. The van der Waals surface area contributed by atoms with Gasteiger partial charge in [0.25, 0.3) is 11.5 Å². The molecule has 0 aliphatic carbocycles. The van der Waals surface area contributed by atoms with Crippen molar-refractivity contribution in [2.24, 2.45) is 12.8 Å². The molecule has 2 amide bonds. The molecule has 0 saturated carbocycles. The molecule has 0 radical (unpaired) electrons. The molecule has 0 aliphatic rings. The van der Waals surface area contributed by atoms with E-state index >= 15 is 0 Å². The number of aromatic nitrogens is 6. The van der Waals surface area contributed by atoms with E-state index in [9.17, 15) is 14.4 Å². The van der Waals surface area contributed by atoms with Gasteiger partial charge in [-0.15, -0.1) is 0 Å². The van der Waals surface area contributed by atoms with Crippen molar-refractivity contribution >= 4 is 28.2 Å². The summed E-state index contributed by atoms with van der Waals surface area (Å²) >= 11 is 0. The Balaban J connectivity index is 1.47. The SMILES string of the molecule is Cc1nn2cccnc2c1C(=O)N[C@@H](C)c1cc2cccc(C#Cc3cnn(C)c3C(C)C(N)=O)c2c(=O)n1-c1ccccc1. The van der Waals surface area contributed by atoms with Crippen LogP contribution in [0, 0.1) is 18.8 Å². The normalized spacial score (nSPS) is 12.4. The maximum Gasteiger partial charge on any atom is 0.264 e. The van der Waals surface area contributed by atoms with Crippen LogP contribution >= 0.6 is 0 Å². The highest BCUT2D eigenvalue weighted by molar-refractivity contribution is 6.01. The summed E-state index contributed by atoms with van der Waals surface area (Å²) in [5.41, 5.74) is 9.53. The van der Waals surface area contributed by atoms with Crippen molar-refractivity contribution in [1.82, 2.24) is 34.3 Å². The standard InChI is InChI=1S/C34H30N8O3/c1-20(31(35)43)30-25(19-37-40(30)4)15-14-23-10-8-11-24-18-27(42(34(45)29(23)24)26-12-6-5-7-13-26)21(2)38-33(44)28-22(3)39-41-17-9-16-36-32(28)41/h5-13,16-21H,1-4H3,(H2,35,43)(H,38,44)/t20?,21-/m0/s1. The molecule has 4 heterocycles. The van der Waals surface area contributed by atoms with E-state index < -0.39 is 17.9 Å². The highest BCUT2D eigenvalue weighted by Crippen LogP contribution is 2.25. The first-order valence-corrected chi connectivity index (χ1v) is 14.3. The van der Waals surface area contributed by atoms with Crippen molar-refractivity contribution in [3.63, 3.8) is 0 Å². The summed E-state index contributed by atoms with van der Waals surface area (Å²) in [5.74, 6) is 4.81. The molecule has 1 unspecified atom stereocenters. The van der Waals surface area contributed by atoms with Crippen molar-refractivity contribution < 1.29 is 9.59 Å². The van der Waals surface area contributed by atoms with Gasteiger partial charge in [0.05, 0.1) is 40.5 Å². The Labute approximate surface area is 258 Å². The number of amides is 2. The molecule has 11 nitrogen and oxygen atoms in total. The van der Waals surface area contributed by atoms with Gasteiger partial charge in [0.2, 0.25) is 5.91 Å². The Morgan fingerprint density at radius 2 is 1.76 bits per heavy atom. The zero-order valence-corrected chi connectivity index (χ0v) is 25.1. The number of rotatable bonds is 6. The summed E-state index contributed by atoms with van der Waals surface area (Å²) in [6.45, 7) is 5.30. The quantitative estimate of drug-likeness (QED) is 0.281. The Kier molecular flexibility index (Phi) is 7.48. The molecule has 6 rings (SSSR count). The lowest BCUT2D eigenvalue weighted by Crippen LogP contribution is -2.32. The van der Waals surface area contributed by atoms with Gasteiger partial charge in [-0.05, 0) is 56.5 Å². The monoisotopic (exact) mass is 598 g/mol. The minimum atomic E-state index is -0.593. The van der Waals surface area contributed by atoms with E-state index in [2.05, 4.69) is 32.3 Å². The van der Waals surface area contributed by atoms with Crippen LogP contribution in [0.15, 0.2) is 84.0 Å². The van der Waals surface area contributed by atoms with Gasteiger partial charge in [0, 0.05) is 36.4 Å². The fraction of sp³-hybridized carbons (Fsp3) is 0.176. The average Bonchev–Trinajstić information content (AvgIpc) is 3.57. The highest BCUT2D eigenvalue weighted by atomic mass is 16.2. The van der Waals surface area contributed by atoms with Gasteiger partial charge in [-0.3, -0.25) is 23.6 Å². The van der Waals surface area contributed by atoms with E-state index in [1.165, 1.54) is 0 Å². The van der Waals surface area contributed by atoms with Gasteiger partial charge in [0.15, 0.2) is 5.65 Å². The fourth-order valence-corrected chi connectivity index (χ4v) is 5.58. The number of carbonyl (C=O) groups excluding carboxylic acids is 2. The molecule has 11 heteroatoms. The molecule has 45 heavy (non-hydrogen) atoms. The number of nitrogens with two attached hydrogens (primary N) is 1. The van der Waals surface area contributed by atoms with Crippen LogP contribution in [0.2, 0.25) is 0 Å². The van der Waals surface area contributed by atoms with Crippen LogP contribution in [0.5, 0.6) is 0 Å². The molecule has 4 aromatic heterocycles. The predicted octanol–water partition coefficient (Wildman–Crippen LogP) is 3.55. The summed E-state index contributed by atoms with van der Waals surface area (Å²) < 4.78 is 4.75. The highest BCUT2D eigenvalue weighted by Gasteiger charge is 2.24. The number of hydrogen-bond acceptors (Lipinski definition) is 6. The van der Waals surface area contributed by atoms with Gasteiger partial charge in [-0.2, -0.15) is 10.2 Å². The molecule has 3 N–H and O–H groups in total. The van der Waals surface area contributed by atoms with Crippen molar-refractivity contribution in [1.29, 1.82) is 0 Å². The summed E-state index contributed by atoms with van der Waals surface area (Å²) in [4.78, 5) is 44.2. The van der Waals surface area contributed by atoms with E-state index in [4.69, 9.17) is 5.73 Å². The number of fused-ring (bicyclic) bond motifs is 2. The first-order valence-electron chi connectivity index (χ1n) is 14.3. The second kappa shape index (κ2) is 11.6. The molecule has 0 spiro atoms. The number of carbonyl (C=O) groups is 2. The number of para-hydroxylation sites is 1. The molecule has 0 bridgehead atoms. The van der Waals surface area contributed by atoms with Crippen molar-refractivity contribution in [3.8, 4) is 17.5 Å². The molecule has 0 saturated heterocycles. The number of nitrogens with one attached hydrogen (secondary N) is 1. The molecular formula is C34H30N8O3. The van der Waals surface area contributed by atoms with E-state index in [0.717, 1.165) is 0 Å². The Morgan fingerprint density at radius 1 is 1.00 bits per heavy atom. The lowest BCUT2D eigenvalue weighted by atomic mass is 10.0. The van der Waals surface area contributed by atoms with Gasteiger partial charge in [-0.25, -0.2) is 9.50 Å². The molecule has 224 valence electrons. The van der Waals surface area contributed by atoms with Crippen LogP contribution in [-0.4, -0.2) is 40.8 Å². The fourth-order valence-electron chi connectivity index (χ4n) is 5.58. The molecule has 0 fully saturated rings. The summed E-state index contributed by atoms with van der Waals surface area (Å²) in [6.07, 6.45) is 4.93. The minimum absolute atomic E-state index is 0.287. The number of pyridine rings is 1. The first-order chi connectivity index (χ1) is 21.7. The number of primary amides is 1. The zero-order chi connectivity index (χ0) is 31.8. The second-order valence-electron chi connectivity index (χ2n) is 10.8. The van der Waals surface area contributed by atoms with Crippen LogP contribution in [0.1, 0.15) is 64.4 Å². The smallest absolute Gasteiger partial charge is 0.264 e. The van der Waals surface area contributed by atoms with Gasteiger partial charge < -0.3 is 11.1 Å². The van der Waals surface area contributed by atoms with E-state index in [1.54, 1.807) is 65.4 Å². The maximum absolute atomic E-state index is 14.4. The lowest BCUT2D eigenvalue weighted by molar-refractivity contribution is -0.119. The van der Waals surface area contributed by atoms with E-state index in [1.807, 2.05) is 55.5 Å². The summed E-state index contributed by atoms with van der Waals surface area (Å²) in [5, 5.41) is 12.8. The van der Waals surface area contributed by atoms with Gasteiger partial charge in [-0.1, -0.05) is 42.2 Å². The van der Waals surface area contributed by atoms with Crippen molar-refractivity contribution in [3.05, 3.63) is 123 Å². The molecule has 2 aromatic carbocycles. The van der Waals surface area contributed by atoms with Crippen LogP contribution in [0.25, 0.3) is 22.1 Å². The van der Waals surface area contributed by atoms with Gasteiger partial charge in [0.1, 0.15) is 5.56 Å². The second-order valence-corrected chi connectivity index (χ2v) is 10.8. The molecule has 0 aliphatic heterocycles. The van der Waals surface area contributed by atoms with Crippen molar-refractivity contribution in [2.45, 2.75) is 32.7 Å². The Hall–Kier alpha value is -6.02. The predicted molar refractivity (Wildman–Crippen MR) is 170 cm³/mol. The molecular weight excluding hydrogens is 568 g/mol. The van der Waals surface area contributed by atoms with E-state index in [-0.39, 0.29) is 11.5 Å². The van der Waals surface area contributed by atoms with Crippen LogP contribution < -0.4 is 16.6 Å². The Bertz CT molecular complexity index is 2230. The number of hydrogen-bond donors (Lipinski definition) is 2. The molecule has 2 atom stereocenters. The Morgan fingerprint density at radius 3 is 2.51 bits per heavy atom. The number of aryl methyl sites for hydroxylation is 2. The third-order valence-corrected chi connectivity index (χ3v) is 7.83. The van der Waals surface area contributed by atoms with Gasteiger partial charge >= 0.3 is 0 Å². The third kappa shape index (κ3) is 5.23. The van der Waals surface area contributed by atoms with Crippen LogP contribution in [0.3, 0.4) is 0 Å². The zero-order valence-electron chi connectivity index (χ0n) is 25.1. The largest absolute Gasteiger partial charge is 0.369 e. The van der Waals surface area contributed by atoms with Crippen molar-refractivity contribution in [2.75, 3.05) is 0 Å². The third-order valence-electron chi connectivity index (χ3n) is 7.83. The number of benzene rings is 2. The minimum Gasteiger partial charge on any atom is -0.369 e. The first kappa shape index (κ1) is 29.1. The van der Waals surface area contributed by atoms with Crippen LogP contribution in [-0.2, 0) is 11.8 Å². The van der Waals surface area contributed by atoms with Crippen LogP contribution in [0.4, 0.5) is 0 Å². The topological polar surface area (TPSA) is 142 Å². The molecule has 6 aromatic rings. The lowest BCUT2D eigenvalue weighted by Gasteiger charge is -2.21. The van der Waals surface area contributed by atoms with E-state index in [0.29, 0.717) is 55.9 Å². The maximum atomic E-state index is 14.4. The summed E-state index contributed by atoms with van der Waals surface area (Å²) in [6, 6.07) is 17.8. The summed E-state index contributed by atoms with van der Waals surface area (Å²) in [7, 11) is 1.73.